The summed E-state index contributed by atoms with van der Waals surface area (Å²) < 4.78 is 0. The molecule has 0 unspecified atom stereocenters. The van der Waals surface area contributed by atoms with Gasteiger partial charge in [-0.1, -0.05) is 0 Å². The molecule has 1 rings (SSSR count). The topological polar surface area (TPSA) is 53.5 Å². The Balaban J connectivity index is 3.02. The molecule has 0 bridgehead atoms. The van der Waals surface area contributed by atoms with Gasteiger partial charge in [-0.2, -0.15) is 4.79 Å². The summed E-state index contributed by atoms with van der Waals surface area (Å²) in [6.07, 6.45) is 6.12. The molecule has 0 radical (unpaired) electrons. The molecule has 0 N–H and O–H groups in total. The highest BCUT2D eigenvalue weighted by Gasteiger charge is 2.02. The maximum Gasteiger partial charge on any atom is 0.315 e. The zero-order valence-corrected chi connectivity index (χ0v) is 5.11. The summed E-state index contributed by atoms with van der Waals surface area (Å²) in [4.78, 5) is 12.9. The van der Waals surface area contributed by atoms with E-state index in [1.54, 1.807) is 5.94 Å². The molecule has 0 heterocycles. The average Bonchev–Trinajstić information content (AvgIpc) is 2.05. The first-order valence-electron chi connectivity index (χ1n) is 2.70. The van der Waals surface area contributed by atoms with Crippen molar-refractivity contribution in [2.24, 2.45) is 0 Å². The lowest BCUT2D eigenvalue weighted by Gasteiger charge is -1.87. The van der Waals surface area contributed by atoms with E-state index >= 15 is 0 Å². The summed E-state index contributed by atoms with van der Waals surface area (Å²) in [7, 11) is 0. The highest BCUT2D eigenvalue weighted by Crippen LogP contribution is 2.00. The van der Waals surface area contributed by atoms with E-state index in [2.05, 4.69) is 4.79 Å². The largest absolute Gasteiger partial charge is 0.361 e. The van der Waals surface area contributed by atoms with Crippen LogP contribution in [0.5, 0.6) is 0 Å². The van der Waals surface area contributed by atoms with Crippen LogP contribution in [0.4, 0.5) is 0 Å². The van der Waals surface area contributed by atoms with Crippen LogP contribution in [0.25, 0.3) is 5.53 Å². The quantitative estimate of drug-likeness (QED) is 0.269. The molecular weight excluding hydrogens is 128 g/mol. The van der Waals surface area contributed by atoms with E-state index in [-0.39, 0.29) is 0 Å². The molecule has 48 valence electrons. The second-order valence-electron chi connectivity index (χ2n) is 1.75. The van der Waals surface area contributed by atoms with Crippen LogP contribution in [0.1, 0.15) is 0 Å². The molecule has 1 aliphatic rings. The first-order chi connectivity index (χ1) is 4.86. The Hall–Kier alpha value is -1.69. The van der Waals surface area contributed by atoms with Crippen LogP contribution in [-0.2, 0) is 4.79 Å². The van der Waals surface area contributed by atoms with E-state index < -0.39 is 0 Å². The Kier molecular flexibility index (Phi) is 1.76. The van der Waals surface area contributed by atoms with Gasteiger partial charge in [-0.25, -0.2) is 4.79 Å². The maximum atomic E-state index is 9.99. The van der Waals surface area contributed by atoms with Crippen molar-refractivity contribution in [2.75, 3.05) is 0 Å². The SMILES string of the molecule is [N-]=[N+]=C1C=CC(=C=O)C=C1. The molecule has 0 aromatic carbocycles. The van der Waals surface area contributed by atoms with Gasteiger partial charge in [0.1, 0.15) is 5.94 Å². The van der Waals surface area contributed by atoms with Crippen LogP contribution in [-0.4, -0.2) is 16.4 Å². The smallest absolute Gasteiger partial charge is 0.315 e. The van der Waals surface area contributed by atoms with Crippen molar-refractivity contribution < 1.29 is 9.58 Å². The lowest BCUT2D eigenvalue weighted by Crippen LogP contribution is -1.93. The molecule has 0 fully saturated rings. The molecule has 3 heteroatoms. The van der Waals surface area contributed by atoms with Crippen LogP contribution in [0, 0.1) is 0 Å². The van der Waals surface area contributed by atoms with Crippen molar-refractivity contribution in [2.45, 2.75) is 0 Å². The lowest BCUT2D eigenvalue weighted by atomic mass is 10.1. The summed E-state index contributed by atoms with van der Waals surface area (Å²) in [5.74, 6) is 1.70. The second-order valence-corrected chi connectivity index (χ2v) is 1.75. The molecular formula is C7H4N2O. The fourth-order valence-electron chi connectivity index (χ4n) is 0.596. The lowest BCUT2D eigenvalue weighted by molar-refractivity contribution is -0.00155. The number of allylic oxidation sites excluding steroid dienone is 5. The third-order valence-electron chi connectivity index (χ3n) is 1.10. The monoisotopic (exact) mass is 132 g/mol. The number of carbonyl (C=O) groups excluding carboxylic acids is 1. The molecule has 0 aromatic rings. The number of hydrogen-bond acceptors (Lipinski definition) is 1. The first-order valence-corrected chi connectivity index (χ1v) is 2.70. The molecule has 0 saturated heterocycles. The zero-order valence-electron chi connectivity index (χ0n) is 5.11. The zero-order chi connectivity index (χ0) is 7.40. The van der Waals surface area contributed by atoms with E-state index in [1.807, 2.05) is 0 Å². The van der Waals surface area contributed by atoms with E-state index in [0.29, 0.717) is 11.3 Å². The van der Waals surface area contributed by atoms with E-state index in [4.69, 9.17) is 5.53 Å². The van der Waals surface area contributed by atoms with Crippen molar-refractivity contribution in [1.82, 2.24) is 0 Å². The van der Waals surface area contributed by atoms with Gasteiger partial charge < -0.3 is 5.53 Å². The Morgan fingerprint density at radius 3 is 2.30 bits per heavy atom. The van der Waals surface area contributed by atoms with Crippen molar-refractivity contribution in [1.29, 1.82) is 0 Å². The van der Waals surface area contributed by atoms with Crippen LogP contribution >= 0.6 is 0 Å². The predicted molar refractivity (Wildman–Crippen MR) is 36.1 cm³/mol. The van der Waals surface area contributed by atoms with E-state index in [1.165, 1.54) is 24.3 Å². The molecule has 0 aliphatic heterocycles. The minimum absolute atomic E-state index is 0.430. The Morgan fingerprint density at radius 2 is 1.90 bits per heavy atom. The molecule has 0 spiro atoms. The predicted octanol–water partition coefficient (Wildman–Crippen LogP) is 0.541. The van der Waals surface area contributed by atoms with Crippen LogP contribution in [0.15, 0.2) is 29.9 Å². The number of rotatable bonds is 0. The highest BCUT2D eigenvalue weighted by molar-refractivity contribution is 6.02. The summed E-state index contributed by atoms with van der Waals surface area (Å²) in [5.41, 5.74) is 9.11. The summed E-state index contributed by atoms with van der Waals surface area (Å²) >= 11 is 0. The summed E-state index contributed by atoms with van der Waals surface area (Å²) in [6, 6.07) is 0. The van der Waals surface area contributed by atoms with Crippen molar-refractivity contribution >= 4 is 11.7 Å². The van der Waals surface area contributed by atoms with Gasteiger partial charge in [0.2, 0.25) is 0 Å². The fraction of sp³-hybridized carbons (Fsp3) is 0. The average molecular weight is 132 g/mol. The molecule has 3 nitrogen and oxygen atoms in total. The van der Waals surface area contributed by atoms with Crippen LogP contribution in [0.2, 0.25) is 0 Å². The van der Waals surface area contributed by atoms with Gasteiger partial charge in [0.15, 0.2) is 0 Å². The van der Waals surface area contributed by atoms with Gasteiger partial charge in [-0.15, -0.1) is 0 Å². The highest BCUT2D eigenvalue weighted by atomic mass is 16.1. The van der Waals surface area contributed by atoms with Gasteiger partial charge in [0.05, 0.1) is 5.57 Å². The van der Waals surface area contributed by atoms with Crippen molar-refractivity contribution in [3.8, 4) is 0 Å². The van der Waals surface area contributed by atoms with E-state index in [9.17, 15) is 4.79 Å². The first kappa shape index (κ1) is 6.43. The second kappa shape index (κ2) is 2.74. The molecule has 0 atom stereocenters. The third-order valence-corrected chi connectivity index (χ3v) is 1.10. The minimum Gasteiger partial charge on any atom is -0.361 e. The van der Waals surface area contributed by atoms with Crippen molar-refractivity contribution in [3.63, 3.8) is 0 Å². The van der Waals surface area contributed by atoms with Gasteiger partial charge >= 0.3 is 5.71 Å². The molecule has 0 aromatic heterocycles. The molecule has 0 saturated carbocycles. The third kappa shape index (κ3) is 1.17. The number of nitrogens with zero attached hydrogens (tertiary/aromatic N) is 2. The maximum absolute atomic E-state index is 9.99. The van der Waals surface area contributed by atoms with Crippen LogP contribution < -0.4 is 0 Å². The van der Waals surface area contributed by atoms with E-state index in [0.717, 1.165) is 0 Å². The Morgan fingerprint density at radius 1 is 1.30 bits per heavy atom. The van der Waals surface area contributed by atoms with Gasteiger partial charge in [0, 0.05) is 12.2 Å². The van der Waals surface area contributed by atoms with Gasteiger partial charge in [0.25, 0.3) is 0 Å². The molecule has 10 heavy (non-hydrogen) atoms. The van der Waals surface area contributed by atoms with Gasteiger partial charge in [-0.05, 0) is 12.2 Å². The minimum atomic E-state index is 0.430. The molecule has 0 amide bonds. The summed E-state index contributed by atoms with van der Waals surface area (Å²) in [5, 5.41) is 0. The molecule has 1 aliphatic carbocycles. The number of hydrogen-bond donors (Lipinski definition) is 0. The Labute approximate surface area is 57.6 Å². The normalized spacial score (nSPS) is 14.8. The van der Waals surface area contributed by atoms with Gasteiger partial charge in [-0.3, -0.25) is 0 Å². The van der Waals surface area contributed by atoms with Crippen LogP contribution in [0.3, 0.4) is 0 Å². The fourth-order valence-corrected chi connectivity index (χ4v) is 0.596. The Bertz CT molecular complexity index is 252. The summed E-state index contributed by atoms with van der Waals surface area (Å²) in [6.45, 7) is 0. The standard InChI is InChI=1S/C7H4N2O/c8-9-7-3-1-6(5-10)2-4-7/h1-4H. The van der Waals surface area contributed by atoms with Crippen molar-refractivity contribution in [3.05, 3.63) is 35.4 Å².